The summed E-state index contributed by atoms with van der Waals surface area (Å²) in [6.07, 6.45) is 4.83. The summed E-state index contributed by atoms with van der Waals surface area (Å²) in [7, 11) is 1.86. The molecule has 0 aliphatic carbocycles. The summed E-state index contributed by atoms with van der Waals surface area (Å²) in [5.41, 5.74) is 3.63. The fourth-order valence-electron chi connectivity index (χ4n) is 4.81. The smallest absolute Gasteiger partial charge is 0.246 e. The van der Waals surface area contributed by atoms with Gasteiger partial charge in [0.05, 0.1) is 31.1 Å². The molecule has 1 aliphatic heterocycles. The summed E-state index contributed by atoms with van der Waals surface area (Å²) in [5, 5.41) is 12.1. The number of ether oxygens (including phenoxy) is 1. The molecule has 5 heterocycles. The van der Waals surface area contributed by atoms with Crippen molar-refractivity contribution >= 4 is 27.3 Å². The zero-order valence-electron chi connectivity index (χ0n) is 21.8. The Morgan fingerprint density at radius 3 is 2.79 bits per heavy atom. The number of amides is 1. The fourth-order valence-corrected chi connectivity index (χ4v) is 5.76. The standard InChI is InChI=1S/C28H26FN7O2S/c1-5-23(37)35-9-10-36-22(15-35)31-28(33-36)26-24(19-7-6-18(29)12-21(19)38-16(2)3)27-20(8-11-39-27)25(32-26)17-13-30-34(4)14-17/h5-8,11-14,16H,1,9-10,15H2,2-4H3. The Bertz CT molecular complexity index is 1740. The molecule has 1 aromatic carbocycles. The Morgan fingerprint density at radius 2 is 2.05 bits per heavy atom. The van der Waals surface area contributed by atoms with Gasteiger partial charge in [0.15, 0.2) is 0 Å². The zero-order valence-corrected chi connectivity index (χ0v) is 22.6. The van der Waals surface area contributed by atoms with Crippen molar-refractivity contribution in [3.63, 3.8) is 0 Å². The van der Waals surface area contributed by atoms with E-state index in [1.54, 1.807) is 33.2 Å². The molecule has 0 atom stereocenters. The quantitative estimate of drug-likeness (QED) is 0.278. The summed E-state index contributed by atoms with van der Waals surface area (Å²) >= 11 is 1.56. The third kappa shape index (κ3) is 4.48. The number of carbonyl (C=O) groups excluding carboxylic acids is 1. The van der Waals surface area contributed by atoms with Crippen LogP contribution in [0.2, 0.25) is 0 Å². The first kappa shape index (κ1) is 24.9. The lowest BCUT2D eigenvalue weighted by molar-refractivity contribution is -0.127. The zero-order chi connectivity index (χ0) is 27.3. The first-order valence-corrected chi connectivity index (χ1v) is 13.4. The number of benzene rings is 1. The lowest BCUT2D eigenvalue weighted by Crippen LogP contribution is -2.37. The molecule has 0 unspecified atom stereocenters. The Kier molecular flexibility index (Phi) is 6.22. The van der Waals surface area contributed by atoms with Gasteiger partial charge in [-0.05, 0) is 43.5 Å². The van der Waals surface area contributed by atoms with Crippen LogP contribution in [0.25, 0.3) is 44.0 Å². The summed E-state index contributed by atoms with van der Waals surface area (Å²) in [4.78, 5) is 23.9. The number of hydrogen-bond acceptors (Lipinski definition) is 7. The highest BCUT2D eigenvalue weighted by atomic mass is 32.1. The molecule has 11 heteroatoms. The maximum atomic E-state index is 14.4. The number of hydrogen-bond donors (Lipinski definition) is 0. The van der Waals surface area contributed by atoms with Gasteiger partial charge < -0.3 is 9.64 Å². The van der Waals surface area contributed by atoms with Gasteiger partial charge in [-0.3, -0.25) is 9.48 Å². The molecule has 9 nitrogen and oxygen atoms in total. The van der Waals surface area contributed by atoms with Gasteiger partial charge in [-0.25, -0.2) is 19.0 Å². The summed E-state index contributed by atoms with van der Waals surface area (Å²) in [6, 6.07) is 6.57. The van der Waals surface area contributed by atoms with Crippen molar-refractivity contribution in [3.8, 4) is 39.7 Å². The number of aromatic nitrogens is 6. The number of thiophene rings is 1. The molecule has 0 radical (unpaired) electrons. The van der Waals surface area contributed by atoms with Crippen molar-refractivity contribution in [2.75, 3.05) is 6.54 Å². The number of halogens is 1. The van der Waals surface area contributed by atoms with Crippen LogP contribution in [-0.4, -0.2) is 53.0 Å². The molecule has 198 valence electrons. The van der Waals surface area contributed by atoms with E-state index < -0.39 is 0 Å². The van der Waals surface area contributed by atoms with Crippen LogP contribution in [0.3, 0.4) is 0 Å². The number of aryl methyl sites for hydroxylation is 1. The van der Waals surface area contributed by atoms with Crippen LogP contribution in [-0.2, 0) is 24.9 Å². The second kappa shape index (κ2) is 9.73. The van der Waals surface area contributed by atoms with Gasteiger partial charge in [0, 0.05) is 52.6 Å². The molecule has 0 N–H and O–H groups in total. The van der Waals surface area contributed by atoms with E-state index in [1.165, 1.54) is 18.2 Å². The van der Waals surface area contributed by atoms with Crippen LogP contribution in [0.5, 0.6) is 5.75 Å². The van der Waals surface area contributed by atoms with Gasteiger partial charge in [0.25, 0.3) is 0 Å². The SMILES string of the molecule is C=CC(=O)N1CCn2nc(-c3nc(-c4cnn(C)c4)c4ccsc4c3-c3ccc(F)cc3OC(C)C)nc2C1. The predicted molar refractivity (Wildman–Crippen MR) is 148 cm³/mol. The van der Waals surface area contributed by atoms with Gasteiger partial charge in [0.2, 0.25) is 11.7 Å². The molecule has 5 aromatic rings. The molecule has 0 bridgehead atoms. The first-order chi connectivity index (χ1) is 18.8. The van der Waals surface area contributed by atoms with Crippen LogP contribution in [0.15, 0.2) is 54.7 Å². The van der Waals surface area contributed by atoms with E-state index in [4.69, 9.17) is 19.8 Å². The van der Waals surface area contributed by atoms with E-state index in [-0.39, 0.29) is 17.8 Å². The molecule has 0 spiro atoms. The summed E-state index contributed by atoms with van der Waals surface area (Å²) in [5.74, 6) is 0.967. The van der Waals surface area contributed by atoms with Crippen molar-refractivity contribution in [2.24, 2.45) is 7.05 Å². The second-order valence-electron chi connectivity index (χ2n) is 9.60. The van der Waals surface area contributed by atoms with E-state index in [9.17, 15) is 9.18 Å². The highest BCUT2D eigenvalue weighted by molar-refractivity contribution is 7.18. The minimum atomic E-state index is -0.388. The van der Waals surface area contributed by atoms with Gasteiger partial charge in [-0.1, -0.05) is 6.58 Å². The Labute approximate surface area is 228 Å². The van der Waals surface area contributed by atoms with Crippen molar-refractivity contribution in [1.82, 2.24) is 34.4 Å². The molecular formula is C28H26FN7O2S. The third-order valence-corrected chi connectivity index (χ3v) is 7.45. The van der Waals surface area contributed by atoms with Crippen molar-refractivity contribution < 1.29 is 13.9 Å². The van der Waals surface area contributed by atoms with E-state index in [0.29, 0.717) is 48.3 Å². The average molecular weight is 544 g/mol. The van der Waals surface area contributed by atoms with Crippen molar-refractivity contribution in [3.05, 3.63) is 66.3 Å². The molecular weight excluding hydrogens is 517 g/mol. The number of fused-ring (bicyclic) bond motifs is 2. The van der Waals surface area contributed by atoms with E-state index in [1.807, 2.05) is 43.2 Å². The van der Waals surface area contributed by atoms with Gasteiger partial charge in [-0.15, -0.1) is 16.4 Å². The molecule has 0 fully saturated rings. The number of pyridine rings is 1. The number of carbonyl (C=O) groups is 1. The van der Waals surface area contributed by atoms with E-state index in [0.717, 1.165) is 26.9 Å². The molecule has 1 amide bonds. The van der Waals surface area contributed by atoms with Crippen LogP contribution < -0.4 is 4.74 Å². The summed E-state index contributed by atoms with van der Waals surface area (Å²) in [6.45, 7) is 8.75. The molecule has 0 saturated carbocycles. The van der Waals surface area contributed by atoms with Gasteiger partial charge in [0.1, 0.15) is 23.1 Å². The average Bonchev–Trinajstić information content (AvgIpc) is 3.66. The molecule has 39 heavy (non-hydrogen) atoms. The third-order valence-electron chi connectivity index (χ3n) is 6.52. The largest absolute Gasteiger partial charge is 0.490 e. The Hall–Kier alpha value is -4.38. The summed E-state index contributed by atoms with van der Waals surface area (Å²) < 4.78 is 25.0. The topological polar surface area (TPSA) is 91.0 Å². The molecule has 4 aromatic heterocycles. The predicted octanol–water partition coefficient (Wildman–Crippen LogP) is 5.08. The van der Waals surface area contributed by atoms with Crippen molar-refractivity contribution in [2.45, 2.75) is 33.0 Å². The molecule has 0 saturated heterocycles. The maximum Gasteiger partial charge on any atom is 0.246 e. The van der Waals surface area contributed by atoms with Gasteiger partial charge >= 0.3 is 0 Å². The Balaban J connectivity index is 1.61. The molecule has 6 rings (SSSR count). The lowest BCUT2D eigenvalue weighted by atomic mass is 9.98. The normalized spacial score (nSPS) is 13.2. The van der Waals surface area contributed by atoms with E-state index >= 15 is 0 Å². The van der Waals surface area contributed by atoms with Crippen LogP contribution in [0.4, 0.5) is 4.39 Å². The highest BCUT2D eigenvalue weighted by Gasteiger charge is 2.28. The molecule has 1 aliphatic rings. The van der Waals surface area contributed by atoms with Crippen molar-refractivity contribution in [1.29, 1.82) is 0 Å². The van der Waals surface area contributed by atoms with Gasteiger partial charge in [-0.2, -0.15) is 5.10 Å². The minimum absolute atomic E-state index is 0.148. The van der Waals surface area contributed by atoms with E-state index in [2.05, 4.69) is 11.7 Å². The number of nitrogens with zero attached hydrogens (tertiary/aromatic N) is 7. The number of rotatable bonds is 6. The van der Waals surface area contributed by atoms with Crippen LogP contribution in [0, 0.1) is 5.82 Å². The lowest BCUT2D eigenvalue weighted by Gasteiger charge is -2.25. The maximum absolute atomic E-state index is 14.4. The monoisotopic (exact) mass is 543 g/mol. The Morgan fingerprint density at radius 1 is 1.21 bits per heavy atom. The first-order valence-electron chi connectivity index (χ1n) is 12.5. The second-order valence-corrected chi connectivity index (χ2v) is 10.5. The van der Waals surface area contributed by atoms with Crippen LogP contribution >= 0.6 is 11.3 Å². The van der Waals surface area contributed by atoms with Crippen LogP contribution in [0.1, 0.15) is 19.7 Å². The fraction of sp³-hybridized carbons (Fsp3) is 0.250. The minimum Gasteiger partial charge on any atom is -0.490 e. The highest BCUT2D eigenvalue weighted by Crippen LogP contribution is 2.45.